The highest BCUT2D eigenvalue weighted by Crippen LogP contribution is 2.52. The molecule has 1 aliphatic rings. The van der Waals surface area contributed by atoms with E-state index in [0.717, 1.165) is 42.0 Å². The van der Waals surface area contributed by atoms with Crippen molar-refractivity contribution in [1.29, 1.82) is 0 Å². The number of amides is 1. The summed E-state index contributed by atoms with van der Waals surface area (Å²) >= 11 is 1.79. The summed E-state index contributed by atoms with van der Waals surface area (Å²) in [6.07, 6.45) is 5.03. The van der Waals surface area contributed by atoms with Crippen LogP contribution in [0.2, 0.25) is 0 Å². The van der Waals surface area contributed by atoms with E-state index in [2.05, 4.69) is 19.2 Å². The third-order valence-corrected chi connectivity index (χ3v) is 4.43. The molecule has 0 atom stereocenters. The molecule has 1 aromatic carbocycles. The van der Waals surface area contributed by atoms with Crippen molar-refractivity contribution in [2.45, 2.75) is 49.4 Å². The van der Waals surface area contributed by atoms with Crippen molar-refractivity contribution in [2.75, 3.05) is 5.32 Å². The van der Waals surface area contributed by atoms with Gasteiger partial charge in [-0.1, -0.05) is 38.5 Å². The standard InChI is InChI=1S/C14H19NO2S/c1-3-7-14(8-4-2)17-12-6-5-11(15-10-16)9-13(12)18-14/h5-6,9-10H,3-4,7-8H2,1-2H3,(H,15,16). The summed E-state index contributed by atoms with van der Waals surface area (Å²) in [4.78, 5) is 11.5. The molecule has 0 radical (unpaired) electrons. The van der Waals surface area contributed by atoms with E-state index in [1.807, 2.05) is 18.2 Å². The van der Waals surface area contributed by atoms with Crippen LogP contribution in [0.15, 0.2) is 23.1 Å². The van der Waals surface area contributed by atoms with Crippen LogP contribution >= 0.6 is 11.8 Å². The monoisotopic (exact) mass is 265 g/mol. The van der Waals surface area contributed by atoms with E-state index in [0.29, 0.717) is 6.41 Å². The number of carbonyl (C=O) groups is 1. The summed E-state index contributed by atoms with van der Waals surface area (Å²) in [5, 5.41) is 2.68. The van der Waals surface area contributed by atoms with Crippen molar-refractivity contribution in [3.05, 3.63) is 18.2 Å². The van der Waals surface area contributed by atoms with Gasteiger partial charge in [0.15, 0.2) is 4.93 Å². The average molecular weight is 265 g/mol. The first kappa shape index (κ1) is 13.3. The minimum Gasteiger partial charge on any atom is -0.475 e. The van der Waals surface area contributed by atoms with Crippen LogP contribution in [0.5, 0.6) is 5.75 Å². The number of rotatable bonds is 6. The molecule has 18 heavy (non-hydrogen) atoms. The highest BCUT2D eigenvalue weighted by molar-refractivity contribution is 8.00. The third-order valence-electron chi connectivity index (χ3n) is 3.02. The van der Waals surface area contributed by atoms with Gasteiger partial charge in [-0.25, -0.2) is 0 Å². The van der Waals surface area contributed by atoms with Crippen LogP contribution < -0.4 is 10.1 Å². The Hall–Kier alpha value is -1.16. The lowest BCUT2D eigenvalue weighted by Gasteiger charge is -2.26. The number of carbonyl (C=O) groups excluding carboxylic acids is 1. The Kier molecular flexibility index (Phi) is 4.17. The van der Waals surface area contributed by atoms with E-state index in [1.165, 1.54) is 0 Å². The Bertz CT molecular complexity index is 428. The summed E-state index contributed by atoms with van der Waals surface area (Å²) in [6, 6.07) is 5.81. The Balaban J connectivity index is 2.21. The maximum atomic E-state index is 10.5. The van der Waals surface area contributed by atoms with Crippen molar-refractivity contribution in [1.82, 2.24) is 0 Å². The maximum absolute atomic E-state index is 10.5. The summed E-state index contributed by atoms with van der Waals surface area (Å²) in [5.74, 6) is 0.943. The first-order valence-corrected chi connectivity index (χ1v) is 7.27. The molecule has 1 amide bonds. The Morgan fingerprint density at radius 1 is 1.33 bits per heavy atom. The smallest absolute Gasteiger partial charge is 0.211 e. The van der Waals surface area contributed by atoms with Crippen LogP contribution in [0.25, 0.3) is 0 Å². The lowest BCUT2D eigenvalue weighted by molar-refractivity contribution is -0.105. The van der Waals surface area contributed by atoms with Crippen LogP contribution in [0.4, 0.5) is 5.69 Å². The van der Waals surface area contributed by atoms with Gasteiger partial charge in [-0.2, -0.15) is 0 Å². The molecule has 0 aliphatic carbocycles. The number of hydrogen-bond donors (Lipinski definition) is 1. The molecule has 4 heteroatoms. The zero-order valence-corrected chi connectivity index (χ0v) is 11.7. The number of hydrogen-bond acceptors (Lipinski definition) is 3. The third kappa shape index (κ3) is 2.64. The predicted molar refractivity (Wildman–Crippen MR) is 75.2 cm³/mol. The number of thioether (sulfide) groups is 1. The van der Waals surface area contributed by atoms with Gasteiger partial charge in [0.1, 0.15) is 5.75 Å². The molecule has 1 N–H and O–H groups in total. The Morgan fingerprint density at radius 3 is 2.67 bits per heavy atom. The summed E-state index contributed by atoms with van der Waals surface area (Å²) < 4.78 is 6.16. The van der Waals surface area contributed by atoms with E-state index in [1.54, 1.807) is 11.8 Å². The number of benzene rings is 1. The molecule has 0 saturated heterocycles. The Labute approximate surface area is 112 Å². The fraction of sp³-hybridized carbons (Fsp3) is 0.500. The topological polar surface area (TPSA) is 38.3 Å². The quantitative estimate of drug-likeness (QED) is 0.789. The largest absolute Gasteiger partial charge is 0.475 e. The van der Waals surface area contributed by atoms with E-state index in [9.17, 15) is 4.79 Å². The molecular formula is C14H19NO2S. The van der Waals surface area contributed by atoms with E-state index in [4.69, 9.17) is 4.74 Å². The van der Waals surface area contributed by atoms with E-state index < -0.39 is 0 Å². The molecule has 3 nitrogen and oxygen atoms in total. The minimum absolute atomic E-state index is 0.106. The maximum Gasteiger partial charge on any atom is 0.211 e. The summed E-state index contributed by atoms with van der Waals surface area (Å²) in [7, 11) is 0. The van der Waals surface area contributed by atoms with Gasteiger partial charge >= 0.3 is 0 Å². The normalized spacial score (nSPS) is 15.9. The number of ether oxygens (including phenoxy) is 1. The van der Waals surface area contributed by atoms with Gasteiger partial charge in [0.05, 0.1) is 4.90 Å². The van der Waals surface area contributed by atoms with Gasteiger partial charge in [0.25, 0.3) is 0 Å². The molecular weight excluding hydrogens is 246 g/mol. The molecule has 1 heterocycles. The Morgan fingerprint density at radius 2 is 2.06 bits per heavy atom. The predicted octanol–water partition coefficient (Wildman–Crippen LogP) is 4.04. The van der Waals surface area contributed by atoms with Gasteiger partial charge in [0.2, 0.25) is 6.41 Å². The average Bonchev–Trinajstić information content (AvgIpc) is 2.67. The van der Waals surface area contributed by atoms with Crippen molar-refractivity contribution < 1.29 is 9.53 Å². The minimum atomic E-state index is -0.106. The van der Waals surface area contributed by atoms with Crippen molar-refractivity contribution in [2.24, 2.45) is 0 Å². The number of anilines is 1. The van der Waals surface area contributed by atoms with Gasteiger partial charge in [-0.15, -0.1) is 0 Å². The SMILES string of the molecule is CCCC1(CCC)Oc2ccc(NC=O)cc2S1. The molecule has 98 valence electrons. The molecule has 0 saturated carbocycles. The van der Waals surface area contributed by atoms with Crippen molar-refractivity contribution >= 4 is 23.9 Å². The second-order valence-corrected chi connectivity index (χ2v) is 5.93. The van der Waals surface area contributed by atoms with Gasteiger partial charge < -0.3 is 10.1 Å². The zero-order valence-electron chi connectivity index (χ0n) is 10.9. The fourth-order valence-corrected chi connectivity index (χ4v) is 3.88. The van der Waals surface area contributed by atoms with Gasteiger partial charge in [0, 0.05) is 5.69 Å². The van der Waals surface area contributed by atoms with Crippen LogP contribution in [0.3, 0.4) is 0 Å². The van der Waals surface area contributed by atoms with Crippen molar-refractivity contribution in [3.63, 3.8) is 0 Å². The molecule has 0 fully saturated rings. The molecule has 0 spiro atoms. The lowest BCUT2D eigenvalue weighted by atomic mass is 10.1. The molecule has 2 rings (SSSR count). The van der Waals surface area contributed by atoms with Gasteiger partial charge in [-0.3, -0.25) is 4.79 Å². The summed E-state index contributed by atoms with van der Waals surface area (Å²) in [5.41, 5.74) is 0.823. The van der Waals surface area contributed by atoms with Crippen LogP contribution in [-0.4, -0.2) is 11.3 Å². The summed E-state index contributed by atoms with van der Waals surface area (Å²) in [6.45, 7) is 4.37. The van der Waals surface area contributed by atoms with Gasteiger partial charge in [-0.05, 0) is 31.0 Å². The van der Waals surface area contributed by atoms with Crippen molar-refractivity contribution in [3.8, 4) is 5.75 Å². The molecule has 1 aromatic rings. The highest BCUT2D eigenvalue weighted by Gasteiger charge is 2.38. The second kappa shape index (κ2) is 5.65. The van der Waals surface area contributed by atoms with Crippen LogP contribution in [-0.2, 0) is 4.79 Å². The number of fused-ring (bicyclic) bond motifs is 1. The van der Waals surface area contributed by atoms with Crippen LogP contribution in [0.1, 0.15) is 39.5 Å². The fourth-order valence-electron chi connectivity index (χ4n) is 2.34. The second-order valence-electron chi connectivity index (χ2n) is 4.54. The number of nitrogens with one attached hydrogen (secondary N) is 1. The van der Waals surface area contributed by atoms with E-state index >= 15 is 0 Å². The zero-order chi connectivity index (χ0) is 13.0. The molecule has 0 bridgehead atoms. The lowest BCUT2D eigenvalue weighted by Crippen LogP contribution is -2.28. The molecule has 0 unspecified atom stereocenters. The highest BCUT2D eigenvalue weighted by atomic mass is 32.2. The molecule has 0 aromatic heterocycles. The van der Waals surface area contributed by atoms with E-state index in [-0.39, 0.29) is 4.93 Å². The first-order chi connectivity index (χ1) is 8.73. The molecule has 1 aliphatic heterocycles. The van der Waals surface area contributed by atoms with Crippen LogP contribution in [0, 0.1) is 0 Å². The first-order valence-electron chi connectivity index (χ1n) is 6.45.